The second-order valence-electron chi connectivity index (χ2n) is 5.07. The molecule has 0 aromatic carbocycles. The number of aromatic amines is 1. The van der Waals surface area contributed by atoms with Gasteiger partial charge in [0.1, 0.15) is 6.26 Å². The van der Waals surface area contributed by atoms with Gasteiger partial charge in [-0.1, -0.05) is 5.16 Å². The van der Waals surface area contributed by atoms with Gasteiger partial charge in [0.25, 0.3) is 11.5 Å². The largest absolute Gasteiger partial charge is 0.375 e. The van der Waals surface area contributed by atoms with Crippen LogP contribution < -0.4 is 5.56 Å². The zero-order valence-corrected chi connectivity index (χ0v) is 11.9. The van der Waals surface area contributed by atoms with E-state index in [1.54, 1.807) is 11.0 Å². The number of nitrogens with one attached hydrogen (secondary N) is 1. The minimum absolute atomic E-state index is 0.0781. The Morgan fingerprint density at radius 1 is 1.50 bits per heavy atom. The normalized spacial score (nSPS) is 18.4. The monoisotopic (exact) mass is 304 g/mol. The number of morpholine rings is 1. The summed E-state index contributed by atoms with van der Waals surface area (Å²) in [7, 11) is 0. The maximum Gasteiger partial charge on any atom is 0.276 e. The van der Waals surface area contributed by atoms with Gasteiger partial charge in [-0.3, -0.25) is 9.59 Å². The summed E-state index contributed by atoms with van der Waals surface area (Å²) in [6.07, 6.45) is 4.01. The Bertz CT molecular complexity index is 682. The number of carbonyl (C=O) groups excluding carboxylic acids is 1. The third-order valence-corrected chi connectivity index (χ3v) is 3.54. The maximum absolute atomic E-state index is 12.2. The van der Waals surface area contributed by atoms with Gasteiger partial charge in [0.2, 0.25) is 0 Å². The van der Waals surface area contributed by atoms with Crippen molar-refractivity contribution < 1.29 is 14.1 Å². The third kappa shape index (κ3) is 3.40. The van der Waals surface area contributed by atoms with Crippen molar-refractivity contribution in [1.29, 1.82) is 0 Å². The smallest absolute Gasteiger partial charge is 0.276 e. The van der Waals surface area contributed by atoms with E-state index in [4.69, 9.17) is 9.26 Å². The predicted octanol–water partition coefficient (Wildman–Crippen LogP) is 0.232. The average Bonchev–Trinajstić information content (AvgIpc) is 3.07. The predicted molar refractivity (Wildman–Crippen MR) is 75.3 cm³/mol. The number of aromatic nitrogens is 3. The fourth-order valence-electron chi connectivity index (χ4n) is 2.42. The maximum atomic E-state index is 12.2. The summed E-state index contributed by atoms with van der Waals surface area (Å²) in [5.41, 5.74) is 0.849. The fraction of sp³-hybridized carbons (Fsp3) is 0.429. The van der Waals surface area contributed by atoms with Crippen molar-refractivity contribution in [3.63, 3.8) is 0 Å². The number of hydrogen-bond donors (Lipinski definition) is 1. The number of rotatable bonds is 4. The second kappa shape index (κ2) is 6.52. The Morgan fingerprint density at radius 3 is 3.18 bits per heavy atom. The molecule has 3 heterocycles. The van der Waals surface area contributed by atoms with Crippen molar-refractivity contribution in [2.45, 2.75) is 18.9 Å². The number of carbonyl (C=O) groups is 1. The molecule has 3 rings (SSSR count). The zero-order chi connectivity index (χ0) is 15.4. The van der Waals surface area contributed by atoms with Crippen molar-refractivity contribution in [1.82, 2.24) is 20.0 Å². The first-order valence-electron chi connectivity index (χ1n) is 7.07. The molecule has 8 heteroatoms. The number of nitrogens with zero attached hydrogens (tertiary/aromatic N) is 3. The van der Waals surface area contributed by atoms with Crippen LogP contribution >= 0.6 is 0 Å². The molecule has 0 radical (unpaired) electrons. The molecule has 1 aliphatic rings. The highest BCUT2D eigenvalue weighted by molar-refractivity contribution is 5.92. The van der Waals surface area contributed by atoms with Crippen LogP contribution in [0.15, 0.2) is 34.0 Å². The number of H-pyrrole nitrogens is 1. The van der Waals surface area contributed by atoms with Crippen LogP contribution in [0.5, 0.6) is 0 Å². The van der Waals surface area contributed by atoms with E-state index in [1.807, 2.05) is 0 Å². The number of ether oxygens (including phenoxy) is 1. The van der Waals surface area contributed by atoms with E-state index in [9.17, 15) is 9.59 Å². The van der Waals surface area contributed by atoms with E-state index in [-0.39, 0.29) is 17.6 Å². The van der Waals surface area contributed by atoms with Gasteiger partial charge in [-0.15, -0.1) is 0 Å². The summed E-state index contributed by atoms with van der Waals surface area (Å²) < 4.78 is 10.4. The summed E-state index contributed by atoms with van der Waals surface area (Å²) >= 11 is 0. The molecule has 0 saturated carbocycles. The molecule has 2 aromatic heterocycles. The van der Waals surface area contributed by atoms with E-state index in [1.165, 1.54) is 18.7 Å². The zero-order valence-electron chi connectivity index (χ0n) is 11.9. The molecule has 8 nitrogen and oxygen atoms in total. The molecule has 0 unspecified atom stereocenters. The number of amides is 1. The van der Waals surface area contributed by atoms with Crippen molar-refractivity contribution in [3.8, 4) is 0 Å². The lowest BCUT2D eigenvalue weighted by Gasteiger charge is -2.32. The highest BCUT2D eigenvalue weighted by atomic mass is 16.5. The summed E-state index contributed by atoms with van der Waals surface area (Å²) in [6.45, 7) is 1.51. The van der Waals surface area contributed by atoms with Crippen LogP contribution in [0.2, 0.25) is 0 Å². The molecular formula is C14H16N4O4. The van der Waals surface area contributed by atoms with Crippen LogP contribution in [0.4, 0.5) is 0 Å². The molecule has 0 spiro atoms. The van der Waals surface area contributed by atoms with Gasteiger partial charge in [0.15, 0.2) is 5.69 Å². The SMILES string of the molecule is O=C(c1ccon1)N1CCO[C@H](CCc2cc(=O)[nH]cn2)C1. The van der Waals surface area contributed by atoms with Crippen molar-refractivity contribution in [3.05, 3.63) is 46.5 Å². The van der Waals surface area contributed by atoms with Gasteiger partial charge in [-0.05, 0) is 12.8 Å². The first-order chi connectivity index (χ1) is 10.7. The first kappa shape index (κ1) is 14.5. The molecule has 1 atom stereocenters. The molecule has 1 fully saturated rings. The van der Waals surface area contributed by atoms with Crippen LogP contribution in [0, 0.1) is 0 Å². The summed E-state index contributed by atoms with van der Waals surface area (Å²) in [5, 5.41) is 3.66. The van der Waals surface area contributed by atoms with Gasteiger partial charge in [0, 0.05) is 30.9 Å². The lowest BCUT2D eigenvalue weighted by atomic mass is 10.1. The second-order valence-corrected chi connectivity index (χ2v) is 5.07. The molecule has 1 amide bonds. The molecular weight excluding hydrogens is 288 g/mol. The molecule has 1 saturated heterocycles. The topological polar surface area (TPSA) is 101 Å². The summed E-state index contributed by atoms with van der Waals surface area (Å²) in [4.78, 5) is 31.7. The van der Waals surface area contributed by atoms with Crippen LogP contribution in [-0.4, -0.2) is 51.7 Å². The van der Waals surface area contributed by atoms with E-state index < -0.39 is 0 Å². The van der Waals surface area contributed by atoms with Crippen molar-refractivity contribution >= 4 is 5.91 Å². The van der Waals surface area contributed by atoms with Crippen LogP contribution in [0.25, 0.3) is 0 Å². The molecule has 0 bridgehead atoms. The minimum atomic E-state index is -0.169. The molecule has 1 aliphatic heterocycles. The molecule has 116 valence electrons. The van der Waals surface area contributed by atoms with Crippen molar-refractivity contribution in [2.75, 3.05) is 19.7 Å². The lowest BCUT2D eigenvalue weighted by molar-refractivity contribution is -0.0249. The van der Waals surface area contributed by atoms with E-state index in [0.717, 1.165) is 0 Å². The molecule has 22 heavy (non-hydrogen) atoms. The van der Waals surface area contributed by atoms with Gasteiger partial charge in [-0.2, -0.15) is 0 Å². The van der Waals surface area contributed by atoms with Gasteiger partial charge in [-0.25, -0.2) is 4.98 Å². The number of aryl methyl sites for hydroxylation is 1. The Kier molecular flexibility index (Phi) is 4.29. The van der Waals surface area contributed by atoms with Crippen molar-refractivity contribution in [2.24, 2.45) is 0 Å². The number of hydrogen-bond acceptors (Lipinski definition) is 6. The summed E-state index contributed by atoms with van der Waals surface area (Å²) in [6, 6.07) is 3.02. The van der Waals surface area contributed by atoms with Crippen LogP contribution in [0.3, 0.4) is 0 Å². The van der Waals surface area contributed by atoms with E-state index in [2.05, 4.69) is 15.1 Å². The van der Waals surface area contributed by atoms with Gasteiger partial charge in [0.05, 0.1) is 19.0 Å². The average molecular weight is 304 g/mol. The molecule has 1 N–H and O–H groups in total. The van der Waals surface area contributed by atoms with E-state index >= 15 is 0 Å². The summed E-state index contributed by atoms with van der Waals surface area (Å²) in [5.74, 6) is -0.156. The fourth-order valence-corrected chi connectivity index (χ4v) is 2.42. The van der Waals surface area contributed by atoms with Gasteiger partial charge < -0.3 is 19.1 Å². The molecule has 2 aromatic rings. The minimum Gasteiger partial charge on any atom is -0.375 e. The highest BCUT2D eigenvalue weighted by Crippen LogP contribution is 2.13. The van der Waals surface area contributed by atoms with Crippen LogP contribution in [0.1, 0.15) is 22.6 Å². The van der Waals surface area contributed by atoms with Gasteiger partial charge >= 0.3 is 0 Å². The quantitative estimate of drug-likeness (QED) is 0.867. The van der Waals surface area contributed by atoms with Crippen LogP contribution in [-0.2, 0) is 11.2 Å². The first-order valence-corrected chi connectivity index (χ1v) is 7.07. The Morgan fingerprint density at radius 2 is 2.41 bits per heavy atom. The van der Waals surface area contributed by atoms with E-state index in [0.29, 0.717) is 43.9 Å². The Labute approximate surface area is 126 Å². The Hall–Kier alpha value is -2.48. The standard InChI is InChI=1S/C14H16N4O4/c19-13-7-10(15-9-16-13)1-2-11-8-18(4-6-21-11)14(20)12-3-5-22-17-12/h3,5,7,9,11H,1-2,4,6,8H2,(H,15,16,19)/t11-/m1/s1. The Balaban J connectivity index is 1.56. The third-order valence-electron chi connectivity index (χ3n) is 3.54. The molecule has 0 aliphatic carbocycles. The lowest BCUT2D eigenvalue weighted by Crippen LogP contribution is -2.45. The highest BCUT2D eigenvalue weighted by Gasteiger charge is 2.26.